The Morgan fingerprint density at radius 2 is 1.97 bits per heavy atom. The van der Waals surface area contributed by atoms with Crippen molar-refractivity contribution in [2.75, 3.05) is 34.0 Å². The predicted molar refractivity (Wildman–Crippen MR) is 107 cm³/mol. The van der Waals surface area contributed by atoms with Gasteiger partial charge in [-0.25, -0.2) is 13.2 Å². The van der Waals surface area contributed by atoms with Gasteiger partial charge in [-0.15, -0.1) is 0 Å². The van der Waals surface area contributed by atoms with E-state index in [9.17, 15) is 13.2 Å². The largest absolute Gasteiger partial charge is 0.492 e. The van der Waals surface area contributed by atoms with Crippen LogP contribution in [0, 0.1) is 11.8 Å². The number of carbonyl (C=O) groups excluding carboxylic acids is 1. The summed E-state index contributed by atoms with van der Waals surface area (Å²) in [6.45, 7) is 5.65. The number of hydrogen-bond donors (Lipinski definition) is 1. The first-order chi connectivity index (χ1) is 13.8. The molecule has 2 atom stereocenters. The molecule has 1 aliphatic rings. The van der Waals surface area contributed by atoms with Crippen molar-refractivity contribution in [1.29, 1.82) is 0 Å². The normalized spacial score (nSPS) is 17.5. The molecular weight excluding hydrogens is 398 g/mol. The number of hydrogen-bond acceptors (Lipinski definition) is 7. The number of rotatable bonds is 10. The Morgan fingerprint density at radius 3 is 2.55 bits per heavy atom. The molecule has 2 rings (SSSR count). The molecule has 0 bridgehead atoms. The van der Waals surface area contributed by atoms with Crippen molar-refractivity contribution in [3.63, 3.8) is 0 Å². The van der Waals surface area contributed by atoms with Crippen LogP contribution < -0.4 is 9.46 Å². The van der Waals surface area contributed by atoms with Crippen LogP contribution in [0.1, 0.15) is 43.5 Å². The highest BCUT2D eigenvalue weighted by Crippen LogP contribution is 2.26. The summed E-state index contributed by atoms with van der Waals surface area (Å²) in [4.78, 5) is 12.2. The van der Waals surface area contributed by atoms with E-state index in [2.05, 4.69) is 4.72 Å². The maximum atomic E-state index is 12.8. The maximum absolute atomic E-state index is 12.8. The van der Waals surface area contributed by atoms with Crippen molar-refractivity contribution in [2.45, 2.75) is 44.2 Å². The smallest absolute Gasteiger partial charge is 0.341 e. The SMILES string of the molecule is CCC(C)C(NS(=O)(=O)c1ccc(OCC2CCOCC2)c(C(=O)OC)c1)OC. The van der Waals surface area contributed by atoms with Gasteiger partial charge in [-0.1, -0.05) is 13.8 Å². The second-order valence-electron chi connectivity index (χ2n) is 7.18. The molecule has 1 fully saturated rings. The third-order valence-electron chi connectivity index (χ3n) is 5.17. The summed E-state index contributed by atoms with van der Waals surface area (Å²) in [6, 6.07) is 4.18. The second-order valence-corrected chi connectivity index (χ2v) is 8.89. The molecule has 0 amide bonds. The van der Waals surface area contributed by atoms with E-state index in [-0.39, 0.29) is 16.4 Å². The Morgan fingerprint density at radius 1 is 1.28 bits per heavy atom. The third-order valence-corrected chi connectivity index (χ3v) is 6.59. The molecule has 29 heavy (non-hydrogen) atoms. The molecule has 1 heterocycles. The summed E-state index contributed by atoms with van der Waals surface area (Å²) in [5.41, 5.74) is 0.0694. The summed E-state index contributed by atoms with van der Waals surface area (Å²) >= 11 is 0. The molecule has 1 aromatic rings. The first-order valence-corrected chi connectivity index (χ1v) is 11.3. The number of sulfonamides is 1. The van der Waals surface area contributed by atoms with Crippen LogP contribution >= 0.6 is 0 Å². The van der Waals surface area contributed by atoms with E-state index in [0.717, 1.165) is 19.3 Å². The summed E-state index contributed by atoms with van der Waals surface area (Å²) in [7, 11) is -1.20. The Labute approximate surface area is 172 Å². The van der Waals surface area contributed by atoms with E-state index < -0.39 is 22.2 Å². The number of benzene rings is 1. The molecule has 1 aromatic carbocycles. The van der Waals surface area contributed by atoms with Gasteiger partial charge < -0.3 is 18.9 Å². The van der Waals surface area contributed by atoms with Gasteiger partial charge in [0.25, 0.3) is 0 Å². The van der Waals surface area contributed by atoms with Gasteiger partial charge in [0.05, 0.1) is 18.6 Å². The van der Waals surface area contributed by atoms with E-state index in [1.54, 1.807) is 0 Å². The molecule has 0 saturated carbocycles. The zero-order valence-corrected chi connectivity index (χ0v) is 18.3. The average Bonchev–Trinajstić information content (AvgIpc) is 2.75. The summed E-state index contributed by atoms with van der Waals surface area (Å²) in [5.74, 6) is -0.0454. The van der Waals surface area contributed by atoms with Crippen molar-refractivity contribution in [3.8, 4) is 5.75 Å². The fraction of sp³-hybridized carbons (Fsp3) is 0.650. The quantitative estimate of drug-likeness (QED) is 0.451. The van der Waals surface area contributed by atoms with Gasteiger partial charge >= 0.3 is 5.97 Å². The highest BCUT2D eigenvalue weighted by Gasteiger charge is 2.26. The van der Waals surface area contributed by atoms with Crippen molar-refractivity contribution in [1.82, 2.24) is 4.72 Å². The minimum Gasteiger partial charge on any atom is -0.492 e. The van der Waals surface area contributed by atoms with Crippen LogP contribution in [0.2, 0.25) is 0 Å². The number of esters is 1. The van der Waals surface area contributed by atoms with E-state index >= 15 is 0 Å². The summed E-state index contributed by atoms with van der Waals surface area (Å²) in [6.07, 6.45) is 1.85. The summed E-state index contributed by atoms with van der Waals surface area (Å²) in [5, 5.41) is 0. The second kappa shape index (κ2) is 10.9. The lowest BCUT2D eigenvalue weighted by Gasteiger charge is -2.23. The summed E-state index contributed by atoms with van der Waals surface area (Å²) < 4.78 is 49.4. The highest BCUT2D eigenvalue weighted by atomic mass is 32.2. The molecule has 1 aliphatic heterocycles. The van der Waals surface area contributed by atoms with E-state index in [1.165, 1.54) is 32.4 Å². The topological polar surface area (TPSA) is 100 Å². The van der Waals surface area contributed by atoms with Crippen LogP contribution in [0.15, 0.2) is 23.1 Å². The van der Waals surface area contributed by atoms with Crippen LogP contribution in [0.3, 0.4) is 0 Å². The fourth-order valence-electron chi connectivity index (χ4n) is 3.02. The zero-order valence-electron chi connectivity index (χ0n) is 17.5. The lowest BCUT2D eigenvalue weighted by atomic mass is 10.0. The third kappa shape index (κ3) is 6.40. The molecule has 0 spiro atoms. The van der Waals surface area contributed by atoms with E-state index in [1.807, 2.05) is 13.8 Å². The van der Waals surface area contributed by atoms with E-state index in [4.69, 9.17) is 18.9 Å². The first-order valence-electron chi connectivity index (χ1n) is 9.80. The van der Waals surface area contributed by atoms with Gasteiger partial charge in [0, 0.05) is 20.3 Å². The van der Waals surface area contributed by atoms with E-state index in [0.29, 0.717) is 31.5 Å². The molecule has 0 aromatic heterocycles. The molecule has 0 radical (unpaired) electrons. The molecule has 1 N–H and O–H groups in total. The average molecular weight is 430 g/mol. The lowest BCUT2D eigenvalue weighted by Crippen LogP contribution is -2.40. The maximum Gasteiger partial charge on any atom is 0.341 e. The van der Waals surface area contributed by atoms with Crippen molar-refractivity contribution in [3.05, 3.63) is 23.8 Å². The standard InChI is InChI=1S/C20H31NO7S/c1-5-14(2)19(25-3)21-29(23,24)16-6-7-18(17(12-16)20(22)26-4)28-13-15-8-10-27-11-9-15/h6-7,12,14-15,19,21H,5,8-11,13H2,1-4H3. The van der Waals surface area contributed by atoms with Gasteiger partial charge in [-0.3, -0.25) is 0 Å². The van der Waals surface area contributed by atoms with Gasteiger partial charge in [0.1, 0.15) is 17.5 Å². The van der Waals surface area contributed by atoms with Crippen LogP contribution in [-0.4, -0.2) is 54.7 Å². The van der Waals surface area contributed by atoms with Gasteiger partial charge in [0.15, 0.2) is 0 Å². The molecule has 0 aliphatic carbocycles. The molecule has 8 nitrogen and oxygen atoms in total. The minimum atomic E-state index is -3.90. The van der Waals surface area contributed by atoms with Crippen molar-refractivity contribution < 1.29 is 32.2 Å². The van der Waals surface area contributed by atoms with Gasteiger partial charge in [0.2, 0.25) is 10.0 Å². The molecular formula is C20H31NO7S. The van der Waals surface area contributed by atoms with Gasteiger partial charge in [-0.2, -0.15) is 4.72 Å². The minimum absolute atomic E-state index is 0.0167. The van der Waals surface area contributed by atoms with Crippen LogP contribution in [0.25, 0.3) is 0 Å². The number of ether oxygens (including phenoxy) is 4. The number of methoxy groups -OCH3 is 2. The van der Waals surface area contributed by atoms with Crippen LogP contribution in [-0.2, 0) is 24.2 Å². The predicted octanol–water partition coefficient (Wildman–Crippen LogP) is 2.58. The van der Waals surface area contributed by atoms with Crippen molar-refractivity contribution in [2.24, 2.45) is 11.8 Å². The highest BCUT2D eigenvalue weighted by molar-refractivity contribution is 7.89. The Hall–Kier alpha value is -1.68. The molecule has 1 saturated heterocycles. The zero-order chi connectivity index (χ0) is 21.4. The Balaban J connectivity index is 2.23. The Kier molecular flexibility index (Phi) is 8.88. The fourth-order valence-corrected chi connectivity index (χ4v) is 4.31. The lowest BCUT2D eigenvalue weighted by molar-refractivity contribution is 0.0482. The molecule has 164 valence electrons. The molecule has 2 unspecified atom stereocenters. The number of carbonyl (C=O) groups is 1. The van der Waals surface area contributed by atoms with Crippen LogP contribution in [0.5, 0.6) is 5.75 Å². The first kappa shape index (κ1) is 23.6. The van der Waals surface area contributed by atoms with Gasteiger partial charge in [-0.05, 0) is 49.3 Å². The van der Waals surface area contributed by atoms with Crippen molar-refractivity contribution >= 4 is 16.0 Å². The monoisotopic (exact) mass is 429 g/mol. The Bertz CT molecular complexity index is 775. The molecule has 9 heteroatoms. The number of nitrogens with one attached hydrogen (secondary N) is 1. The van der Waals surface area contributed by atoms with Crippen LogP contribution in [0.4, 0.5) is 0 Å².